The third-order valence-electron chi connectivity index (χ3n) is 2.14. The lowest BCUT2D eigenvalue weighted by Crippen LogP contribution is -1.95. The molecule has 1 aromatic heterocycles. The zero-order valence-electron chi connectivity index (χ0n) is 8.96. The van der Waals surface area contributed by atoms with Gasteiger partial charge in [-0.05, 0) is 24.3 Å². The first kappa shape index (κ1) is 13.1. The van der Waals surface area contributed by atoms with Gasteiger partial charge in [0.05, 0.1) is 17.1 Å². The molecule has 0 aliphatic carbocycles. The minimum Gasteiger partial charge on any atom is -0.437 e. The molecule has 0 aliphatic rings. The van der Waals surface area contributed by atoms with Crippen LogP contribution >= 0.6 is 23.2 Å². The highest BCUT2D eigenvalue weighted by molar-refractivity contribution is 6.32. The second-order valence-corrected chi connectivity index (χ2v) is 4.10. The van der Waals surface area contributed by atoms with Crippen LogP contribution in [-0.2, 0) is 5.88 Å². The number of alkyl halides is 1. The van der Waals surface area contributed by atoms with Crippen LogP contribution in [0.2, 0.25) is 5.02 Å². The Kier molecular flexibility index (Phi) is 3.99. The average Bonchev–Trinajstić information content (AvgIpc) is 2.34. The molecule has 0 unspecified atom stereocenters. The summed E-state index contributed by atoms with van der Waals surface area (Å²) < 4.78 is 31.2. The summed E-state index contributed by atoms with van der Waals surface area (Å²) in [5.41, 5.74) is 0.386. The molecular formula is C12H7Cl2F2NO. The van der Waals surface area contributed by atoms with Crippen molar-refractivity contribution in [2.24, 2.45) is 0 Å². The van der Waals surface area contributed by atoms with E-state index < -0.39 is 11.6 Å². The summed E-state index contributed by atoms with van der Waals surface area (Å²) in [7, 11) is 0. The van der Waals surface area contributed by atoms with Gasteiger partial charge in [-0.25, -0.2) is 13.8 Å². The second kappa shape index (κ2) is 5.50. The lowest BCUT2D eigenvalue weighted by atomic mass is 10.3. The van der Waals surface area contributed by atoms with Crippen LogP contribution in [0.3, 0.4) is 0 Å². The molecule has 0 N–H and O–H groups in total. The number of rotatable bonds is 3. The lowest BCUT2D eigenvalue weighted by molar-refractivity contribution is 0.453. The zero-order valence-corrected chi connectivity index (χ0v) is 10.5. The molecule has 0 saturated heterocycles. The first-order chi connectivity index (χ1) is 8.60. The third-order valence-corrected chi connectivity index (χ3v) is 2.72. The van der Waals surface area contributed by atoms with E-state index in [0.29, 0.717) is 5.56 Å². The Morgan fingerprint density at radius 1 is 1.17 bits per heavy atom. The van der Waals surface area contributed by atoms with Crippen LogP contribution in [0.5, 0.6) is 11.6 Å². The summed E-state index contributed by atoms with van der Waals surface area (Å²) >= 11 is 11.5. The Morgan fingerprint density at radius 2 is 1.94 bits per heavy atom. The van der Waals surface area contributed by atoms with Crippen molar-refractivity contribution in [3.8, 4) is 11.6 Å². The molecule has 0 atom stereocenters. The molecule has 94 valence electrons. The van der Waals surface area contributed by atoms with Crippen LogP contribution in [0.15, 0.2) is 30.5 Å². The Hall–Kier alpha value is -1.39. The number of pyridine rings is 1. The number of ether oxygens (including phenoxy) is 1. The van der Waals surface area contributed by atoms with Crippen LogP contribution in [-0.4, -0.2) is 4.98 Å². The van der Waals surface area contributed by atoms with Gasteiger partial charge in [0.25, 0.3) is 0 Å². The molecule has 6 heteroatoms. The minimum atomic E-state index is -0.511. The molecule has 2 nitrogen and oxygen atoms in total. The smallest absolute Gasteiger partial charge is 0.223 e. The van der Waals surface area contributed by atoms with Crippen LogP contribution in [0.25, 0.3) is 0 Å². The first-order valence-corrected chi connectivity index (χ1v) is 5.84. The van der Waals surface area contributed by atoms with E-state index in [1.54, 1.807) is 0 Å². The summed E-state index contributed by atoms with van der Waals surface area (Å²) in [4.78, 5) is 3.77. The predicted octanol–water partition coefficient (Wildman–Crippen LogP) is 4.54. The maximum absolute atomic E-state index is 13.0. The minimum absolute atomic E-state index is 0.0406. The number of aromatic nitrogens is 1. The molecule has 2 rings (SSSR count). The fraction of sp³-hybridized carbons (Fsp3) is 0.0833. The second-order valence-electron chi connectivity index (χ2n) is 3.43. The highest BCUT2D eigenvalue weighted by Gasteiger charge is 2.10. The van der Waals surface area contributed by atoms with Crippen molar-refractivity contribution in [3.05, 3.63) is 52.7 Å². The topological polar surface area (TPSA) is 22.1 Å². The fourth-order valence-electron chi connectivity index (χ4n) is 1.32. The first-order valence-electron chi connectivity index (χ1n) is 4.93. The number of hydrogen-bond acceptors (Lipinski definition) is 2. The molecule has 0 spiro atoms. The van der Waals surface area contributed by atoms with Gasteiger partial charge in [0.1, 0.15) is 17.4 Å². The summed E-state index contributed by atoms with van der Waals surface area (Å²) in [6, 6.07) is 4.89. The molecule has 0 amide bonds. The number of benzene rings is 1. The maximum Gasteiger partial charge on any atom is 0.223 e. The molecule has 0 radical (unpaired) electrons. The van der Waals surface area contributed by atoms with Gasteiger partial charge in [-0.1, -0.05) is 11.6 Å². The summed E-state index contributed by atoms with van der Waals surface area (Å²) in [6.07, 6.45) is 1.00. The predicted molar refractivity (Wildman–Crippen MR) is 65.2 cm³/mol. The number of hydrogen-bond donors (Lipinski definition) is 0. The lowest BCUT2D eigenvalue weighted by Gasteiger charge is -2.09. The summed E-state index contributed by atoms with van der Waals surface area (Å²) in [5.74, 6) is -0.581. The van der Waals surface area contributed by atoms with Crippen molar-refractivity contribution < 1.29 is 13.5 Å². The number of nitrogens with zero attached hydrogens (tertiary/aromatic N) is 1. The summed E-state index contributed by atoms with van der Waals surface area (Å²) in [6.45, 7) is 0. The van der Waals surface area contributed by atoms with Crippen molar-refractivity contribution in [2.75, 3.05) is 0 Å². The van der Waals surface area contributed by atoms with E-state index in [2.05, 4.69) is 4.98 Å². The highest BCUT2D eigenvalue weighted by Crippen LogP contribution is 2.31. The average molecular weight is 290 g/mol. The van der Waals surface area contributed by atoms with Crippen molar-refractivity contribution in [2.45, 2.75) is 5.88 Å². The van der Waals surface area contributed by atoms with E-state index in [1.165, 1.54) is 18.2 Å². The quantitative estimate of drug-likeness (QED) is 0.774. The van der Waals surface area contributed by atoms with Gasteiger partial charge in [0, 0.05) is 5.56 Å². The van der Waals surface area contributed by atoms with Gasteiger partial charge in [-0.3, -0.25) is 0 Å². The van der Waals surface area contributed by atoms with E-state index in [1.807, 2.05) is 0 Å². The van der Waals surface area contributed by atoms with Gasteiger partial charge < -0.3 is 4.74 Å². The fourth-order valence-corrected chi connectivity index (χ4v) is 1.72. The van der Waals surface area contributed by atoms with Crippen molar-refractivity contribution in [1.29, 1.82) is 0 Å². The molecule has 0 bridgehead atoms. The van der Waals surface area contributed by atoms with E-state index in [-0.39, 0.29) is 22.5 Å². The largest absolute Gasteiger partial charge is 0.437 e. The van der Waals surface area contributed by atoms with E-state index in [0.717, 1.165) is 12.3 Å². The van der Waals surface area contributed by atoms with Gasteiger partial charge >= 0.3 is 0 Å². The SMILES string of the molecule is Fc1ccc(Oc2ncc(F)cc2CCl)c(Cl)c1. The molecular weight excluding hydrogens is 283 g/mol. The van der Waals surface area contributed by atoms with Crippen molar-refractivity contribution in [1.82, 2.24) is 4.98 Å². The Labute approximate surface area is 112 Å². The van der Waals surface area contributed by atoms with Crippen LogP contribution in [0, 0.1) is 11.6 Å². The Bertz CT molecular complexity index is 578. The van der Waals surface area contributed by atoms with Gasteiger partial charge in [0.15, 0.2) is 0 Å². The molecule has 1 aromatic carbocycles. The van der Waals surface area contributed by atoms with Gasteiger partial charge in [-0.2, -0.15) is 0 Å². The van der Waals surface area contributed by atoms with E-state index in [4.69, 9.17) is 27.9 Å². The van der Waals surface area contributed by atoms with Crippen LogP contribution in [0.4, 0.5) is 8.78 Å². The molecule has 0 saturated carbocycles. The standard InChI is InChI=1S/C12H7Cl2F2NO/c13-5-7-3-9(16)6-17-12(7)18-11-2-1-8(15)4-10(11)14/h1-4,6H,5H2. The van der Waals surface area contributed by atoms with Crippen LogP contribution in [0.1, 0.15) is 5.56 Å². The normalized spacial score (nSPS) is 10.4. The monoisotopic (exact) mass is 289 g/mol. The van der Waals surface area contributed by atoms with Gasteiger partial charge in [-0.15, -0.1) is 11.6 Å². The van der Waals surface area contributed by atoms with Gasteiger partial charge in [0.2, 0.25) is 5.88 Å². The Morgan fingerprint density at radius 3 is 2.61 bits per heavy atom. The highest BCUT2D eigenvalue weighted by atomic mass is 35.5. The third kappa shape index (κ3) is 2.89. The molecule has 0 fully saturated rings. The molecule has 2 aromatic rings. The Balaban J connectivity index is 2.33. The van der Waals surface area contributed by atoms with E-state index >= 15 is 0 Å². The van der Waals surface area contributed by atoms with E-state index in [9.17, 15) is 8.78 Å². The summed E-state index contributed by atoms with van der Waals surface area (Å²) in [5, 5.41) is 0.0987. The molecule has 0 aliphatic heterocycles. The van der Waals surface area contributed by atoms with Crippen LogP contribution < -0.4 is 4.74 Å². The van der Waals surface area contributed by atoms with Crippen molar-refractivity contribution in [3.63, 3.8) is 0 Å². The number of halogens is 4. The van der Waals surface area contributed by atoms with Crippen molar-refractivity contribution >= 4 is 23.2 Å². The maximum atomic E-state index is 13.0. The molecule has 18 heavy (non-hydrogen) atoms. The molecule has 1 heterocycles. The zero-order chi connectivity index (χ0) is 13.1.